The van der Waals surface area contributed by atoms with Gasteiger partial charge in [0.05, 0.1) is 16.7 Å². The molecular formula is C10H5FN2O4. The van der Waals surface area contributed by atoms with Crippen LogP contribution < -0.4 is 4.90 Å². The monoisotopic (exact) mass is 236 g/mol. The van der Waals surface area contributed by atoms with Gasteiger partial charge in [-0.1, -0.05) is 0 Å². The largest absolute Gasteiger partial charge is 0.272 e. The lowest BCUT2D eigenvalue weighted by molar-refractivity contribution is -0.385. The maximum Gasteiger partial charge on any atom is 0.272 e. The van der Waals surface area contributed by atoms with Crippen molar-refractivity contribution >= 4 is 23.2 Å². The Hall–Kier alpha value is -2.57. The highest BCUT2D eigenvalue weighted by Crippen LogP contribution is 2.26. The molecule has 0 saturated heterocycles. The van der Waals surface area contributed by atoms with E-state index in [1.165, 1.54) is 0 Å². The van der Waals surface area contributed by atoms with Crippen LogP contribution in [0.25, 0.3) is 0 Å². The molecule has 0 radical (unpaired) electrons. The van der Waals surface area contributed by atoms with Gasteiger partial charge in [0.25, 0.3) is 17.5 Å². The van der Waals surface area contributed by atoms with E-state index < -0.39 is 28.2 Å². The van der Waals surface area contributed by atoms with E-state index in [0.717, 1.165) is 24.3 Å². The predicted octanol–water partition coefficient (Wildman–Crippen LogP) is 1.16. The Labute approximate surface area is 94.1 Å². The fourth-order valence-electron chi connectivity index (χ4n) is 1.43. The zero-order valence-electron chi connectivity index (χ0n) is 8.29. The van der Waals surface area contributed by atoms with Crippen molar-refractivity contribution in [2.45, 2.75) is 0 Å². The van der Waals surface area contributed by atoms with E-state index in [9.17, 15) is 24.1 Å². The van der Waals surface area contributed by atoms with Crippen LogP contribution in [0, 0.1) is 15.9 Å². The summed E-state index contributed by atoms with van der Waals surface area (Å²) < 4.78 is 13.5. The molecular weight excluding hydrogens is 231 g/mol. The molecule has 6 nitrogen and oxygen atoms in total. The highest BCUT2D eigenvalue weighted by atomic mass is 19.1. The Morgan fingerprint density at radius 3 is 2.24 bits per heavy atom. The fraction of sp³-hybridized carbons (Fsp3) is 0. The summed E-state index contributed by atoms with van der Waals surface area (Å²) in [5.41, 5.74) is -0.742. The topological polar surface area (TPSA) is 80.5 Å². The summed E-state index contributed by atoms with van der Waals surface area (Å²) in [5, 5.41) is 10.4. The zero-order valence-corrected chi connectivity index (χ0v) is 8.29. The van der Waals surface area contributed by atoms with Crippen molar-refractivity contribution in [3.05, 3.63) is 46.3 Å². The summed E-state index contributed by atoms with van der Waals surface area (Å²) >= 11 is 0. The van der Waals surface area contributed by atoms with E-state index in [4.69, 9.17) is 0 Å². The molecule has 0 saturated carbocycles. The van der Waals surface area contributed by atoms with Gasteiger partial charge < -0.3 is 0 Å². The van der Waals surface area contributed by atoms with Crippen LogP contribution in [-0.4, -0.2) is 16.7 Å². The molecule has 0 aliphatic carbocycles. The summed E-state index contributed by atoms with van der Waals surface area (Å²) in [7, 11) is 0. The molecule has 1 heterocycles. The third kappa shape index (κ3) is 1.78. The van der Waals surface area contributed by atoms with Crippen molar-refractivity contribution in [2.75, 3.05) is 4.90 Å². The lowest BCUT2D eigenvalue weighted by Crippen LogP contribution is -2.30. The Bertz CT molecular complexity index is 549. The van der Waals surface area contributed by atoms with Crippen molar-refractivity contribution in [1.29, 1.82) is 0 Å². The van der Waals surface area contributed by atoms with Crippen molar-refractivity contribution in [3.63, 3.8) is 0 Å². The Balaban J connectivity index is 2.44. The maximum atomic E-state index is 13.5. The Morgan fingerprint density at radius 1 is 1.18 bits per heavy atom. The van der Waals surface area contributed by atoms with E-state index in [2.05, 4.69) is 0 Å². The third-order valence-electron chi connectivity index (χ3n) is 2.19. The number of nitrogens with zero attached hydrogens (tertiary/aromatic N) is 2. The number of carbonyl (C=O) groups is 2. The van der Waals surface area contributed by atoms with Crippen LogP contribution in [0.4, 0.5) is 15.8 Å². The van der Waals surface area contributed by atoms with Gasteiger partial charge in [-0.05, 0) is 6.07 Å². The van der Waals surface area contributed by atoms with Crippen molar-refractivity contribution in [3.8, 4) is 0 Å². The maximum absolute atomic E-state index is 13.5. The average Bonchev–Trinajstić information content (AvgIpc) is 2.59. The second-order valence-electron chi connectivity index (χ2n) is 3.24. The average molecular weight is 236 g/mol. The molecule has 7 heteroatoms. The first-order valence-corrected chi connectivity index (χ1v) is 4.51. The van der Waals surface area contributed by atoms with Crippen LogP contribution in [0.15, 0.2) is 30.4 Å². The van der Waals surface area contributed by atoms with Crippen LogP contribution in [0.2, 0.25) is 0 Å². The van der Waals surface area contributed by atoms with Crippen molar-refractivity contribution < 1.29 is 18.9 Å². The van der Waals surface area contributed by atoms with Gasteiger partial charge in [0.15, 0.2) is 5.82 Å². The molecule has 2 rings (SSSR count). The molecule has 0 bridgehead atoms. The predicted molar refractivity (Wildman–Crippen MR) is 54.7 cm³/mol. The van der Waals surface area contributed by atoms with Crippen molar-refractivity contribution in [1.82, 2.24) is 0 Å². The Morgan fingerprint density at radius 2 is 1.76 bits per heavy atom. The fourth-order valence-corrected chi connectivity index (χ4v) is 1.43. The van der Waals surface area contributed by atoms with E-state index >= 15 is 0 Å². The number of halogens is 1. The molecule has 0 unspecified atom stereocenters. The van der Waals surface area contributed by atoms with E-state index in [1.807, 2.05) is 0 Å². The number of benzene rings is 1. The SMILES string of the molecule is O=C1C=CC(=O)N1c1ccc([N+](=O)[O-])cc1F. The van der Waals surface area contributed by atoms with Gasteiger partial charge in [0, 0.05) is 18.2 Å². The minimum atomic E-state index is -0.996. The molecule has 0 N–H and O–H groups in total. The summed E-state index contributed by atoms with van der Waals surface area (Å²) in [6, 6.07) is 2.71. The van der Waals surface area contributed by atoms with Gasteiger partial charge in [-0.2, -0.15) is 0 Å². The quantitative estimate of drug-likeness (QED) is 0.438. The van der Waals surface area contributed by atoms with Crippen LogP contribution in [0.3, 0.4) is 0 Å². The number of nitro groups is 1. The van der Waals surface area contributed by atoms with E-state index in [-0.39, 0.29) is 5.69 Å². The second kappa shape index (κ2) is 3.78. The first kappa shape index (κ1) is 10.9. The molecule has 86 valence electrons. The number of nitro benzene ring substituents is 1. The van der Waals surface area contributed by atoms with Crippen LogP contribution in [0.1, 0.15) is 0 Å². The van der Waals surface area contributed by atoms with Gasteiger partial charge in [0.1, 0.15) is 0 Å². The van der Waals surface area contributed by atoms with Gasteiger partial charge >= 0.3 is 0 Å². The second-order valence-corrected chi connectivity index (χ2v) is 3.24. The molecule has 17 heavy (non-hydrogen) atoms. The molecule has 1 aromatic rings. The molecule has 1 aliphatic heterocycles. The van der Waals surface area contributed by atoms with Gasteiger partial charge in [-0.25, -0.2) is 9.29 Å². The number of hydrogen-bond acceptors (Lipinski definition) is 4. The molecule has 0 fully saturated rings. The smallest absolute Gasteiger partial charge is 0.269 e. The summed E-state index contributed by atoms with van der Waals surface area (Å²) in [4.78, 5) is 32.8. The molecule has 2 amide bonds. The number of imide groups is 1. The van der Waals surface area contributed by atoms with E-state index in [0.29, 0.717) is 11.0 Å². The van der Waals surface area contributed by atoms with Crippen LogP contribution in [0.5, 0.6) is 0 Å². The summed E-state index contributed by atoms with van der Waals surface area (Å²) in [6.07, 6.45) is 2.01. The number of amides is 2. The minimum absolute atomic E-state index is 0.296. The normalized spacial score (nSPS) is 14.5. The number of rotatable bonds is 2. The molecule has 0 spiro atoms. The van der Waals surface area contributed by atoms with Crippen LogP contribution in [-0.2, 0) is 9.59 Å². The molecule has 0 atom stereocenters. The van der Waals surface area contributed by atoms with E-state index in [1.54, 1.807) is 0 Å². The number of hydrogen-bond donors (Lipinski definition) is 0. The third-order valence-corrected chi connectivity index (χ3v) is 2.19. The highest BCUT2D eigenvalue weighted by molar-refractivity contribution is 6.28. The lowest BCUT2D eigenvalue weighted by Gasteiger charge is -2.13. The summed E-state index contributed by atoms with van der Waals surface area (Å²) in [6.45, 7) is 0. The molecule has 0 aromatic heterocycles. The first-order valence-electron chi connectivity index (χ1n) is 4.51. The summed E-state index contributed by atoms with van der Waals surface area (Å²) in [5.74, 6) is -2.35. The number of carbonyl (C=O) groups excluding carboxylic acids is 2. The standard InChI is InChI=1S/C10H5FN2O4/c11-7-5-6(13(16)17)1-2-8(7)12-9(14)3-4-10(12)15/h1-5H. The number of non-ortho nitro benzene ring substituents is 1. The number of anilines is 1. The highest BCUT2D eigenvalue weighted by Gasteiger charge is 2.28. The van der Waals surface area contributed by atoms with Crippen LogP contribution >= 0.6 is 0 Å². The van der Waals surface area contributed by atoms with Gasteiger partial charge in [-0.15, -0.1) is 0 Å². The Kier molecular flexibility index (Phi) is 2.43. The first-order chi connectivity index (χ1) is 8.00. The van der Waals surface area contributed by atoms with Crippen molar-refractivity contribution in [2.24, 2.45) is 0 Å². The zero-order chi connectivity index (χ0) is 12.6. The van der Waals surface area contributed by atoms with Gasteiger partial charge in [-0.3, -0.25) is 19.7 Å². The van der Waals surface area contributed by atoms with Gasteiger partial charge in [0.2, 0.25) is 0 Å². The molecule has 1 aliphatic rings. The minimum Gasteiger partial charge on any atom is -0.269 e. The lowest BCUT2D eigenvalue weighted by atomic mass is 10.2. The molecule has 1 aromatic carbocycles.